The Balaban J connectivity index is 1.47. The first-order chi connectivity index (χ1) is 11.6. The maximum Gasteiger partial charge on any atom is 0.310 e. The quantitative estimate of drug-likeness (QED) is 0.838. The van der Waals surface area contributed by atoms with Crippen LogP contribution in [0.5, 0.6) is 0 Å². The van der Waals surface area contributed by atoms with Crippen molar-refractivity contribution in [2.75, 3.05) is 5.32 Å². The Morgan fingerprint density at radius 1 is 0.875 bits per heavy atom. The van der Waals surface area contributed by atoms with Gasteiger partial charge in [0.25, 0.3) is 0 Å². The Bertz CT molecular complexity index is 860. The van der Waals surface area contributed by atoms with E-state index in [-0.39, 0.29) is 18.1 Å². The third kappa shape index (κ3) is 1.84. The SMILES string of the molecule is O=C(O)C1C2OC(C3OC32)C1C(=O)Nc1cccc2ccccc12. The summed E-state index contributed by atoms with van der Waals surface area (Å²) < 4.78 is 11.2. The number of aliphatic carboxylic acids is 1. The molecule has 0 aliphatic carbocycles. The van der Waals surface area contributed by atoms with E-state index in [1.165, 1.54) is 0 Å². The third-order valence-corrected chi connectivity index (χ3v) is 5.25. The number of carbonyl (C=O) groups is 2. The molecule has 122 valence electrons. The number of benzene rings is 2. The zero-order valence-corrected chi connectivity index (χ0v) is 12.6. The third-order valence-electron chi connectivity index (χ3n) is 5.25. The summed E-state index contributed by atoms with van der Waals surface area (Å²) >= 11 is 0. The van der Waals surface area contributed by atoms with Crippen LogP contribution in [0.25, 0.3) is 10.8 Å². The van der Waals surface area contributed by atoms with E-state index in [1.807, 2.05) is 42.5 Å². The van der Waals surface area contributed by atoms with Gasteiger partial charge in [-0.05, 0) is 11.5 Å². The molecule has 0 spiro atoms. The Kier molecular flexibility index (Phi) is 2.78. The number of hydrogen-bond donors (Lipinski definition) is 2. The van der Waals surface area contributed by atoms with Crippen LogP contribution in [0.4, 0.5) is 5.69 Å². The number of carboxylic acid groups (broad SMARTS) is 1. The van der Waals surface area contributed by atoms with Crippen molar-refractivity contribution in [1.82, 2.24) is 0 Å². The number of ether oxygens (including phenoxy) is 2. The lowest BCUT2D eigenvalue weighted by Crippen LogP contribution is -2.44. The summed E-state index contributed by atoms with van der Waals surface area (Å²) in [6.45, 7) is 0. The highest BCUT2D eigenvalue weighted by molar-refractivity contribution is 6.04. The zero-order valence-electron chi connectivity index (χ0n) is 12.6. The molecule has 6 heteroatoms. The van der Waals surface area contributed by atoms with E-state index in [4.69, 9.17) is 9.47 Å². The normalized spacial score (nSPS) is 35.7. The Labute approximate surface area is 137 Å². The lowest BCUT2D eigenvalue weighted by atomic mass is 9.78. The van der Waals surface area contributed by atoms with Crippen LogP contribution >= 0.6 is 0 Å². The number of carbonyl (C=O) groups excluding carboxylic acids is 1. The minimum Gasteiger partial charge on any atom is -0.481 e. The molecular formula is C18H15NO5. The van der Waals surface area contributed by atoms with Crippen LogP contribution in [0.1, 0.15) is 0 Å². The molecule has 6 nitrogen and oxygen atoms in total. The van der Waals surface area contributed by atoms with Gasteiger partial charge < -0.3 is 19.9 Å². The molecule has 2 aromatic rings. The van der Waals surface area contributed by atoms with Gasteiger partial charge >= 0.3 is 5.97 Å². The van der Waals surface area contributed by atoms with Gasteiger partial charge in [0, 0.05) is 11.1 Å². The van der Waals surface area contributed by atoms with E-state index in [2.05, 4.69) is 5.32 Å². The maximum absolute atomic E-state index is 12.8. The molecule has 2 bridgehead atoms. The van der Waals surface area contributed by atoms with Crippen LogP contribution in [0.2, 0.25) is 0 Å². The Morgan fingerprint density at radius 2 is 1.54 bits per heavy atom. The van der Waals surface area contributed by atoms with Crippen molar-refractivity contribution in [2.24, 2.45) is 11.8 Å². The highest BCUT2D eigenvalue weighted by Crippen LogP contribution is 2.54. The second-order valence-electron chi connectivity index (χ2n) is 6.54. The fourth-order valence-electron chi connectivity index (χ4n) is 4.14. The molecule has 3 saturated heterocycles. The van der Waals surface area contributed by atoms with Gasteiger partial charge in [0.2, 0.25) is 5.91 Å². The maximum atomic E-state index is 12.8. The van der Waals surface area contributed by atoms with E-state index < -0.39 is 30.0 Å². The molecule has 0 radical (unpaired) electrons. The van der Waals surface area contributed by atoms with Crippen molar-refractivity contribution < 1.29 is 24.2 Å². The average Bonchev–Trinajstić information content (AvgIpc) is 3.19. The molecule has 0 aromatic heterocycles. The summed E-state index contributed by atoms with van der Waals surface area (Å²) in [4.78, 5) is 24.4. The molecule has 3 heterocycles. The first kappa shape index (κ1) is 13.9. The summed E-state index contributed by atoms with van der Waals surface area (Å²) in [5.41, 5.74) is 0.679. The van der Waals surface area contributed by atoms with Gasteiger partial charge in [-0.1, -0.05) is 36.4 Å². The van der Waals surface area contributed by atoms with Gasteiger partial charge in [0.05, 0.1) is 17.9 Å². The second kappa shape index (κ2) is 4.78. The van der Waals surface area contributed by atoms with Gasteiger partial charge in [-0.15, -0.1) is 0 Å². The van der Waals surface area contributed by atoms with Gasteiger partial charge in [0.1, 0.15) is 18.3 Å². The van der Waals surface area contributed by atoms with Gasteiger partial charge in [-0.25, -0.2) is 0 Å². The molecule has 24 heavy (non-hydrogen) atoms. The summed E-state index contributed by atoms with van der Waals surface area (Å²) in [6.07, 6.45) is -1.26. The summed E-state index contributed by atoms with van der Waals surface area (Å²) in [5, 5.41) is 14.3. The number of epoxide rings is 1. The molecule has 0 saturated carbocycles. The number of nitrogens with one attached hydrogen (secondary N) is 1. The molecule has 3 aliphatic heterocycles. The molecule has 1 amide bonds. The molecular weight excluding hydrogens is 310 g/mol. The average molecular weight is 325 g/mol. The molecule has 3 aliphatic rings. The summed E-state index contributed by atoms with van der Waals surface area (Å²) in [5.74, 6) is -2.90. The van der Waals surface area contributed by atoms with E-state index in [0.29, 0.717) is 5.69 Å². The van der Waals surface area contributed by atoms with Crippen molar-refractivity contribution in [2.45, 2.75) is 24.4 Å². The van der Waals surface area contributed by atoms with Crippen LogP contribution < -0.4 is 5.32 Å². The van der Waals surface area contributed by atoms with Crippen LogP contribution in [0.3, 0.4) is 0 Å². The number of rotatable bonds is 3. The topological polar surface area (TPSA) is 88.2 Å². The monoisotopic (exact) mass is 325 g/mol. The van der Waals surface area contributed by atoms with E-state index in [9.17, 15) is 14.7 Å². The van der Waals surface area contributed by atoms with Gasteiger partial charge in [0.15, 0.2) is 0 Å². The highest BCUT2D eigenvalue weighted by Gasteiger charge is 2.72. The van der Waals surface area contributed by atoms with Crippen molar-refractivity contribution >= 4 is 28.3 Å². The van der Waals surface area contributed by atoms with Crippen LogP contribution in [-0.4, -0.2) is 41.4 Å². The predicted molar refractivity (Wildman–Crippen MR) is 84.5 cm³/mol. The van der Waals surface area contributed by atoms with Crippen LogP contribution in [0, 0.1) is 11.8 Å². The van der Waals surface area contributed by atoms with Crippen LogP contribution in [0.15, 0.2) is 42.5 Å². The summed E-state index contributed by atoms with van der Waals surface area (Å²) in [6, 6.07) is 13.4. The van der Waals surface area contributed by atoms with Gasteiger partial charge in [-0.2, -0.15) is 0 Å². The first-order valence-corrected chi connectivity index (χ1v) is 7.97. The van der Waals surface area contributed by atoms with Crippen molar-refractivity contribution in [1.29, 1.82) is 0 Å². The van der Waals surface area contributed by atoms with E-state index in [0.717, 1.165) is 10.8 Å². The van der Waals surface area contributed by atoms with Gasteiger partial charge in [-0.3, -0.25) is 9.59 Å². The lowest BCUT2D eigenvalue weighted by molar-refractivity contribution is -0.147. The molecule has 3 fully saturated rings. The van der Waals surface area contributed by atoms with Crippen LogP contribution in [-0.2, 0) is 19.1 Å². The Hall–Kier alpha value is -2.44. The largest absolute Gasteiger partial charge is 0.481 e. The standard InChI is InChI=1S/C18H15NO5/c20-17(19-10-7-3-5-8-4-1-2-6-9(8)10)11-12(18(21)22)14-16-15(24-16)13(11)23-14/h1-7,11-16H,(H,19,20)(H,21,22). The fraction of sp³-hybridized carbons (Fsp3) is 0.333. The smallest absolute Gasteiger partial charge is 0.310 e. The molecule has 2 N–H and O–H groups in total. The lowest BCUT2D eigenvalue weighted by Gasteiger charge is -2.22. The second-order valence-corrected chi connectivity index (χ2v) is 6.54. The summed E-state index contributed by atoms with van der Waals surface area (Å²) in [7, 11) is 0. The van der Waals surface area contributed by atoms with Crippen molar-refractivity contribution in [3.05, 3.63) is 42.5 Å². The highest BCUT2D eigenvalue weighted by atomic mass is 16.7. The molecule has 2 aromatic carbocycles. The van der Waals surface area contributed by atoms with E-state index >= 15 is 0 Å². The minimum atomic E-state index is -1.01. The predicted octanol–water partition coefficient (Wildman–Crippen LogP) is 1.64. The number of fused-ring (bicyclic) bond motifs is 6. The van der Waals surface area contributed by atoms with Crippen molar-refractivity contribution in [3.8, 4) is 0 Å². The first-order valence-electron chi connectivity index (χ1n) is 7.97. The van der Waals surface area contributed by atoms with E-state index in [1.54, 1.807) is 0 Å². The minimum absolute atomic E-state index is 0.131. The fourth-order valence-corrected chi connectivity index (χ4v) is 4.14. The molecule has 6 atom stereocenters. The number of carboxylic acids is 1. The molecule has 5 rings (SSSR count). The van der Waals surface area contributed by atoms with Crippen molar-refractivity contribution in [3.63, 3.8) is 0 Å². The molecule has 6 unspecified atom stereocenters. The number of amides is 1. The number of hydrogen-bond acceptors (Lipinski definition) is 4. The number of anilines is 1. The Morgan fingerprint density at radius 3 is 2.33 bits per heavy atom. The zero-order chi connectivity index (χ0) is 16.4.